The molecule has 0 heterocycles. The Labute approximate surface area is 65.6 Å². The zero-order valence-corrected chi connectivity index (χ0v) is 6.76. The Morgan fingerprint density at radius 2 is 1.82 bits per heavy atom. The molecule has 0 aromatic carbocycles. The molecule has 0 aliphatic heterocycles. The van der Waals surface area contributed by atoms with Crippen LogP contribution in [0.1, 0.15) is 26.7 Å². The number of nitrogens with one attached hydrogen (secondary N) is 1. The summed E-state index contributed by atoms with van der Waals surface area (Å²) in [5.74, 6) is -2.34. The molecule has 0 aromatic rings. The smallest absolute Gasteiger partial charge is 0.394 e. The standard InChI is InChI=1S/C7H13NO3/c1-3-5(4-2)8-6(9)7(10)11/h5H,3-4H2,1-2H3,(H,8,9)(H,10,11). The van der Waals surface area contributed by atoms with Crippen LogP contribution in [0.25, 0.3) is 0 Å². The molecule has 0 spiro atoms. The summed E-state index contributed by atoms with van der Waals surface area (Å²) in [7, 11) is 0. The van der Waals surface area contributed by atoms with Gasteiger partial charge in [-0.2, -0.15) is 0 Å². The first kappa shape index (κ1) is 9.94. The van der Waals surface area contributed by atoms with Gasteiger partial charge in [0.15, 0.2) is 0 Å². The van der Waals surface area contributed by atoms with Crippen molar-refractivity contribution < 1.29 is 14.7 Å². The van der Waals surface area contributed by atoms with Crippen LogP contribution in [0.5, 0.6) is 0 Å². The van der Waals surface area contributed by atoms with Crippen molar-refractivity contribution in [2.24, 2.45) is 0 Å². The SMILES string of the molecule is CCC(CC)NC(=O)C(=O)O. The van der Waals surface area contributed by atoms with Gasteiger partial charge >= 0.3 is 11.9 Å². The Hall–Kier alpha value is -1.06. The maximum Gasteiger partial charge on any atom is 0.394 e. The van der Waals surface area contributed by atoms with E-state index < -0.39 is 11.9 Å². The van der Waals surface area contributed by atoms with Gasteiger partial charge in [-0.05, 0) is 12.8 Å². The molecular weight excluding hydrogens is 146 g/mol. The van der Waals surface area contributed by atoms with E-state index >= 15 is 0 Å². The molecule has 11 heavy (non-hydrogen) atoms. The van der Waals surface area contributed by atoms with Gasteiger partial charge in [0, 0.05) is 6.04 Å². The first-order valence-corrected chi connectivity index (χ1v) is 3.65. The van der Waals surface area contributed by atoms with Crippen LogP contribution in [0.15, 0.2) is 0 Å². The van der Waals surface area contributed by atoms with Gasteiger partial charge in [-0.1, -0.05) is 13.8 Å². The Balaban J connectivity index is 3.81. The van der Waals surface area contributed by atoms with Crippen molar-refractivity contribution in [2.45, 2.75) is 32.7 Å². The van der Waals surface area contributed by atoms with Crippen molar-refractivity contribution in [3.05, 3.63) is 0 Å². The fraction of sp³-hybridized carbons (Fsp3) is 0.714. The predicted octanol–water partition coefficient (Wildman–Crippen LogP) is 0.376. The molecule has 0 rings (SSSR count). The number of carbonyl (C=O) groups is 2. The van der Waals surface area contributed by atoms with Crippen molar-refractivity contribution >= 4 is 11.9 Å². The number of carboxylic acids is 1. The van der Waals surface area contributed by atoms with Gasteiger partial charge in [0.25, 0.3) is 0 Å². The van der Waals surface area contributed by atoms with Gasteiger partial charge in [-0.15, -0.1) is 0 Å². The minimum absolute atomic E-state index is 0.0152. The van der Waals surface area contributed by atoms with Crippen LogP contribution in [0.3, 0.4) is 0 Å². The van der Waals surface area contributed by atoms with E-state index in [9.17, 15) is 9.59 Å². The molecule has 0 atom stereocenters. The predicted molar refractivity (Wildman–Crippen MR) is 40.1 cm³/mol. The lowest BCUT2D eigenvalue weighted by atomic mass is 10.2. The number of amides is 1. The van der Waals surface area contributed by atoms with Crippen LogP contribution in [0.2, 0.25) is 0 Å². The van der Waals surface area contributed by atoms with E-state index in [4.69, 9.17) is 5.11 Å². The molecule has 4 nitrogen and oxygen atoms in total. The number of hydrogen-bond acceptors (Lipinski definition) is 2. The lowest BCUT2D eigenvalue weighted by molar-refractivity contribution is -0.150. The summed E-state index contributed by atoms with van der Waals surface area (Å²) >= 11 is 0. The normalized spacial score (nSPS) is 9.73. The summed E-state index contributed by atoms with van der Waals surface area (Å²) in [6.07, 6.45) is 1.52. The van der Waals surface area contributed by atoms with E-state index in [0.29, 0.717) is 0 Å². The molecule has 0 saturated heterocycles. The molecule has 64 valence electrons. The maximum absolute atomic E-state index is 10.6. The average molecular weight is 159 g/mol. The monoisotopic (exact) mass is 159 g/mol. The number of rotatable bonds is 3. The number of hydrogen-bond donors (Lipinski definition) is 2. The maximum atomic E-state index is 10.6. The summed E-state index contributed by atoms with van der Waals surface area (Å²) in [6, 6.07) is -0.0152. The molecule has 1 amide bonds. The Morgan fingerprint density at radius 1 is 1.36 bits per heavy atom. The second kappa shape index (κ2) is 4.71. The first-order chi connectivity index (χ1) is 5.11. The zero-order chi connectivity index (χ0) is 8.85. The molecule has 0 unspecified atom stereocenters. The van der Waals surface area contributed by atoms with Crippen LogP contribution < -0.4 is 5.32 Å². The number of aliphatic carboxylic acids is 1. The van der Waals surface area contributed by atoms with Crippen LogP contribution >= 0.6 is 0 Å². The van der Waals surface area contributed by atoms with E-state index in [-0.39, 0.29) is 6.04 Å². The minimum atomic E-state index is -1.42. The second-order valence-electron chi connectivity index (χ2n) is 2.29. The second-order valence-corrected chi connectivity index (χ2v) is 2.29. The Morgan fingerprint density at radius 3 is 2.09 bits per heavy atom. The summed E-state index contributed by atoms with van der Waals surface area (Å²) in [6.45, 7) is 3.80. The molecule has 0 aromatic heterocycles. The van der Waals surface area contributed by atoms with Crippen LogP contribution in [0, 0.1) is 0 Å². The zero-order valence-electron chi connectivity index (χ0n) is 6.76. The molecule has 0 aliphatic carbocycles. The molecular formula is C7H13NO3. The lowest BCUT2D eigenvalue weighted by Gasteiger charge is -2.11. The average Bonchev–Trinajstić information content (AvgIpc) is 1.99. The largest absolute Gasteiger partial charge is 0.474 e. The van der Waals surface area contributed by atoms with Gasteiger partial charge in [0.2, 0.25) is 0 Å². The van der Waals surface area contributed by atoms with Crippen molar-refractivity contribution in [3.63, 3.8) is 0 Å². The number of carbonyl (C=O) groups excluding carboxylic acids is 1. The van der Waals surface area contributed by atoms with Gasteiger partial charge in [-0.25, -0.2) is 4.79 Å². The highest BCUT2D eigenvalue weighted by Crippen LogP contribution is 1.94. The molecule has 0 fully saturated rings. The van der Waals surface area contributed by atoms with E-state index in [0.717, 1.165) is 12.8 Å². The lowest BCUT2D eigenvalue weighted by Crippen LogP contribution is -2.38. The fourth-order valence-corrected chi connectivity index (χ4v) is 0.740. The highest BCUT2D eigenvalue weighted by Gasteiger charge is 2.14. The van der Waals surface area contributed by atoms with Crippen molar-refractivity contribution in [1.82, 2.24) is 5.32 Å². The van der Waals surface area contributed by atoms with Gasteiger partial charge in [-0.3, -0.25) is 4.79 Å². The molecule has 2 N–H and O–H groups in total. The van der Waals surface area contributed by atoms with Crippen molar-refractivity contribution in [3.8, 4) is 0 Å². The molecule has 4 heteroatoms. The topological polar surface area (TPSA) is 66.4 Å². The van der Waals surface area contributed by atoms with Crippen LogP contribution in [-0.2, 0) is 9.59 Å². The third-order valence-corrected chi connectivity index (χ3v) is 1.52. The first-order valence-electron chi connectivity index (χ1n) is 3.65. The van der Waals surface area contributed by atoms with E-state index in [1.807, 2.05) is 13.8 Å². The Kier molecular flexibility index (Phi) is 4.26. The molecule has 0 aliphatic rings. The summed E-state index contributed by atoms with van der Waals surface area (Å²) in [5.41, 5.74) is 0. The quantitative estimate of drug-likeness (QED) is 0.585. The van der Waals surface area contributed by atoms with Crippen molar-refractivity contribution in [1.29, 1.82) is 0 Å². The fourth-order valence-electron chi connectivity index (χ4n) is 0.740. The van der Waals surface area contributed by atoms with Crippen LogP contribution in [-0.4, -0.2) is 23.0 Å². The highest BCUT2D eigenvalue weighted by molar-refractivity contribution is 6.31. The molecule has 0 radical (unpaired) electrons. The van der Waals surface area contributed by atoms with Crippen LogP contribution in [0.4, 0.5) is 0 Å². The van der Waals surface area contributed by atoms with E-state index in [1.165, 1.54) is 0 Å². The van der Waals surface area contributed by atoms with E-state index in [1.54, 1.807) is 0 Å². The molecule has 0 bridgehead atoms. The van der Waals surface area contributed by atoms with Gasteiger partial charge in [0.1, 0.15) is 0 Å². The van der Waals surface area contributed by atoms with Gasteiger partial charge in [0.05, 0.1) is 0 Å². The summed E-state index contributed by atoms with van der Waals surface area (Å²) in [4.78, 5) is 20.6. The third-order valence-electron chi connectivity index (χ3n) is 1.52. The Bertz CT molecular complexity index is 152. The summed E-state index contributed by atoms with van der Waals surface area (Å²) < 4.78 is 0. The highest BCUT2D eigenvalue weighted by atomic mass is 16.4. The van der Waals surface area contributed by atoms with Gasteiger partial charge < -0.3 is 10.4 Å². The van der Waals surface area contributed by atoms with Crippen molar-refractivity contribution in [2.75, 3.05) is 0 Å². The summed E-state index contributed by atoms with van der Waals surface area (Å²) in [5, 5.41) is 10.6. The third kappa shape index (κ3) is 3.60. The minimum Gasteiger partial charge on any atom is -0.474 e. The van der Waals surface area contributed by atoms with E-state index in [2.05, 4.69) is 5.32 Å². The molecule has 0 saturated carbocycles. The number of carboxylic acid groups (broad SMARTS) is 1.